The number of amides is 1. The van der Waals surface area contributed by atoms with Gasteiger partial charge in [-0.3, -0.25) is 14.5 Å². The number of rotatable bonds is 2. The molecule has 0 bridgehead atoms. The van der Waals surface area contributed by atoms with Crippen LogP contribution in [0, 0.1) is 0 Å². The number of fused-ring (bicyclic) bond motifs is 1. The summed E-state index contributed by atoms with van der Waals surface area (Å²) >= 11 is 7.17. The van der Waals surface area contributed by atoms with E-state index in [0.717, 1.165) is 39.8 Å². The van der Waals surface area contributed by atoms with Crippen LogP contribution in [0.2, 0.25) is 5.02 Å². The Morgan fingerprint density at radius 1 is 1.19 bits per heavy atom. The third-order valence-electron chi connectivity index (χ3n) is 3.69. The predicted octanol–water partition coefficient (Wildman–Crippen LogP) is 5.54. The van der Waals surface area contributed by atoms with Crippen molar-refractivity contribution in [3.63, 3.8) is 0 Å². The summed E-state index contributed by atoms with van der Waals surface area (Å²) in [6, 6.07) is 9.60. The highest BCUT2D eigenvalue weighted by atomic mass is 35.5. The zero-order chi connectivity index (χ0) is 19.1. The molecule has 0 N–H and O–H groups in total. The van der Waals surface area contributed by atoms with Crippen LogP contribution >= 0.6 is 23.4 Å². The normalized spacial score (nSPS) is 15.3. The highest BCUT2D eigenvalue weighted by Crippen LogP contribution is 2.41. The van der Waals surface area contributed by atoms with Crippen molar-refractivity contribution >= 4 is 40.7 Å². The zero-order valence-electron chi connectivity index (χ0n) is 13.3. The van der Waals surface area contributed by atoms with Crippen LogP contribution in [0.3, 0.4) is 0 Å². The van der Waals surface area contributed by atoms with E-state index >= 15 is 0 Å². The van der Waals surface area contributed by atoms with Gasteiger partial charge in [-0.1, -0.05) is 35.5 Å². The van der Waals surface area contributed by atoms with Crippen LogP contribution in [0.25, 0.3) is 0 Å². The maximum atomic E-state index is 13.0. The molecule has 3 nitrogen and oxygen atoms in total. The van der Waals surface area contributed by atoms with Gasteiger partial charge in [-0.25, -0.2) is 0 Å². The van der Waals surface area contributed by atoms with Crippen molar-refractivity contribution in [3.8, 4) is 0 Å². The van der Waals surface area contributed by atoms with Crippen molar-refractivity contribution in [2.45, 2.75) is 18.0 Å². The van der Waals surface area contributed by atoms with Crippen LogP contribution in [0.4, 0.5) is 18.9 Å². The minimum Gasteiger partial charge on any atom is -0.288 e. The van der Waals surface area contributed by atoms with E-state index in [1.54, 1.807) is 24.3 Å². The van der Waals surface area contributed by atoms with Crippen LogP contribution in [0.1, 0.15) is 22.8 Å². The number of halogens is 4. The van der Waals surface area contributed by atoms with E-state index in [9.17, 15) is 22.8 Å². The largest absolute Gasteiger partial charge is 0.416 e. The topological polar surface area (TPSA) is 37.4 Å². The van der Waals surface area contributed by atoms with Crippen LogP contribution in [-0.2, 0) is 11.0 Å². The monoisotopic (exact) mass is 397 g/mol. The molecule has 1 aliphatic heterocycles. The molecule has 1 heterocycles. The molecule has 0 aromatic heterocycles. The first-order valence-corrected chi connectivity index (χ1v) is 8.58. The highest BCUT2D eigenvalue weighted by Gasteiger charge is 2.32. The highest BCUT2D eigenvalue weighted by molar-refractivity contribution is 8.04. The number of thioether (sulfide) groups is 1. The number of allylic oxidation sites excluding steroid dienone is 1. The Labute approximate surface area is 156 Å². The number of nitrogens with zero attached hydrogens (tertiary/aromatic N) is 1. The van der Waals surface area contributed by atoms with E-state index < -0.39 is 17.6 Å². The molecule has 0 fully saturated rings. The lowest BCUT2D eigenvalue weighted by Gasteiger charge is -2.20. The molecule has 0 spiro atoms. The fraction of sp³-hybridized carbons (Fsp3) is 0.111. The van der Waals surface area contributed by atoms with Gasteiger partial charge in [0.2, 0.25) is 11.7 Å². The summed E-state index contributed by atoms with van der Waals surface area (Å²) in [6.45, 7) is 1.19. The van der Waals surface area contributed by atoms with Gasteiger partial charge in [0.15, 0.2) is 0 Å². The third kappa shape index (κ3) is 3.50. The minimum absolute atomic E-state index is 0.0296. The van der Waals surface area contributed by atoms with Gasteiger partial charge in [0.1, 0.15) is 0 Å². The molecule has 2 aromatic carbocycles. The molecule has 1 amide bonds. The van der Waals surface area contributed by atoms with E-state index in [4.69, 9.17) is 11.6 Å². The Morgan fingerprint density at radius 3 is 2.50 bits per heavy atom. The summed E-state index contributed by atoms with van der Waals surface area (Å²) in [5.74, 6) is -0.858. The van der Waals surface area contributed by atoms with Gasteiger partial charge in [0, 0.05) is 23.6 Å². The number of hydrogen-bond donors (Lipinski definition) is 0. The molecule has 0 aliphatic carbocycles. The van der Waals surface area contributed by atoms with Crippen molar-refractivity contribution in [3.05, 3.63) is 69.7 Å². The number of carbonyl (C=O) groups excluding carboxylic acids is 2. The summed E-state index contributed by atoms with van der Waals surface area (Å²) in [5.41, 5.74) is -0.580. The molecule has 0 saturated carbocycles. The van der Waals surface area contributed by atoms with E-state index in [-0.39, 0.29) is 21.4 Å². The van der Waals surface area contributed by atoms with E-state index in [1.165, 1.54) is 13.1 Å². The standard InChI is InChI=1S/C18H11ClF3NO2S/c1-10(24)23(14-8-11(18(20,21)22)6-7-13(14)19)9-16-17(25)12-4-2-3-5-15(12)26-16/h2-9H,1H3/b16-9-. The van der Waals surface area contributed by atoms with Crippen LogP contribution in [0.15, 0.2) is 58.5 Å². The van der Waals surface area contributed by atoms with Crippen LogP contribution in [-0.4, -0.2) is 11.7 Å². The third-order valence-corrected chi connectivity index (χ3v) is 5.10. The van der Waals surface area contributed by atoms with Gasteiger partial charge in [0.05, 0.1) is 21.2 Å². The molecule has 2 aromatic rings. The van der Waals surface area contributed by atoms with E-state index in [2.05, 4.69) is 0 Å². The molecule has 134 valence electrons. The number of ketones is 1. The molecule has 3 rings (SSSR count). The van der Waals surface area contributed by atoms with E-state index in [1.807, 2.05) is 0 Å². The molecule has 26 heavy (non-hydrogen) atoms. The van der Waals surface area contributed by atoms with Crippen molar-refractivity contribution < 1.29 is 22.8 Å². The first-order valence-electron chi connectivity index (χ1n) is 7.38. The zero-order valence-corrected chi connectivity index (χ0v) is 14.9. The lowest BCUT2D eigenvalue weighted by Crippen LogP contribution is -2.24. The number of benzene rings is 2. The van der Waals surface area contributed by atoms with Gasteiger partial charge in [-0.2, -0.15) is 13.2 Å². The maximum absolute atomic E-state index is 13.0. The molecule has 1 aliphatic rings. The Balaban J connectivity index is 2.05. The predicted molar refractivity (Wildman–Crippen MR) is 94.3 cm³/mol. The maximum Gasteiger partial charge on any atom is 0.416 e. The Hall–Kier alpha value is -2.25. The van der Waals surface area contributed by atoms with Crippen molar-refractivity contribution in [1.29, 1.82) is 0 Å². The molecule has 8 heteroatoms. The molecule has 0 atom stereocenters. The van der Waals surface area contributed by atoms with Gasteiger partial charge in [-0.15, -0.1) is 0 Å². The Morgan fingerprint density at radius 2 is 1.88 bits per heavy atom. The average Bonchev–Trinajstić information content (AvgIpc) is 2.88. The van der Waals surface area contributed by atoms with Gasteiger partial charge < -0.3 is 0 Å². The lowest BCUT2D eigenvalue weighted by atomic mass is 10.1. The second-order valence-electron chi connectivity index (χ2n) is 5.47. The summed E-state index contributed by atoms with van der Waals surface area (Å²) in [7, 11) is 0. The molecule has 0 saturated heterocycles. The minimum atomic E-state index is -4.58. The second kappa shape index (κ2) is 6.81. The van der Waals surface area contributed by atoms with Gasteiger partial charge in [-0.05, 0) is 30.3 Å². The fourth-order valence-corrected chi connectivity index (χ4v) is 3.67. The fourth-order valence-electron chi connectivity index (χ4n) is 2.45. The summed E-state index contributed by atoms with van der Waals surface area (Å²) in [5, 5.41) is -0.0296. The number of Topliss-reactive ketones (excluding diaryl/α,β-unsaturated/α-hetero) is 1. The number of carbonyl (C=O) groups is 2. The Bertz CT molecular complexity index is 940. The first kappa shape index (κ1) is 18.5. The molecule has 0 unspecified atom stereocenters. The van der Waals surface area contributed by atoms with Gasteiger partial charge in [0.25, 0.3) is 0 Å². The first-order chi connectivity index (χ1) is 12.2. The molecular weight excluding hydrogens is 387 g/mol. The SMILES string of the molecule is CC(=O)N(/C=C1\Sc2ccccc2C1=O)c1cc(C(F)(F)F)ccc1Cl. The van der Waals surface area contributed by atoms with Crippen molar-refractivity contribution in [2.24, 2.45) is 0 Å². The average molecular weight is 398 g/mol. The van der Waals surface area contributed by atoms with Crippen LogP contribution < -0.4 is 4.90 Å². The van der Waals surface area contributed by atoms with Crippen LogP contribution in [0.5, 0.6) is 0 Å². The number of alkyl halides is 3. The van der Waals surface area contributed by atoms with Crippen molar-refractivity contribution in [1.82, 2.24) is 0 Å². The second-order valence-corrected chi connectivity index (χ2v) is 6.96. The smallest absolute Gasteiger partial charge is 0.288 e. The molecule has 0 radical (unpaired) electrons. The van der Waals surface area contributed by atoms with E-state index in [0.29, 0.717) is 5.56 Å². The summed E-state index contributed by atoms with van der Waals surface area (Å²) in [6.07, 6.45) is -3.35. The number of hydrogen-bond acceptors (Lipinski definition) is 3. The quantitative estimate of drug-likeness (QED) is 0.624. The lowest BCUT2D eigenvalue weighted by molar-refractivity contribution is -0.137. The van der Waals surface area contributed by atoms with Gasteiger partial charge >= 0.3 is 6.18 Å². The summed E-state index contributed by atoms with van der Waals surface area (Å²) in [4.78, 5) is 26.4. The Kier molecular flexibility index (Phi) is 4.86. The molecular formula is C18H11ClF3NO2S. The van der Waals surface area contributed by atoms with Crippen molar-refractivity contribution in [2.75, 3.05) is 4.90 Å². The number of anilines is 1. The summed E-state index contributed by atoms with van der Waals surface area (Å²) < 4.78 is 39.0.